The lowest BCUT2D eigenvalue weighted by Gasteiger charge is -2.17. The van der Waals surface area contributed by atoms with E-state index in [1.165, 1.54) is 0 Å². The van der Waals surface area contributed by atoms with Gasteiger partial charge >= 0.3 is 0 Å². The first-order valence-electron chi connectivity index (χ1n) is 8.52. The van der Waals surface area contributed by atoms with Gasteiger partial charge < -0.3 is 24.1 Å². The molecule has 0 bridgehead atoms. The van der Waals surface area contributed by atoms with E-state index < -0.39 is 0 Å². The lowest BCUT2D eigenvalue weighted by atomic mass is 10.1. The summed E-state index contributed by atoms with van der Waals surface area (Å²) in [7, 11) is 6.89. The van der Waals surface area contributed by atoms with E-state index in [1.807, 2.05) is 37.4 Å². The van der Waals surface area contributed by atoms with Crippen molar-refractivity contribution in [1.82, 2.24) is 14.9 Å². The lowest BCUT2D eigenvalue weighted by Crippen LogP contribution is -2.21. The van der Waals surface area contributed by atoms with Crippen molar-refractivity contribution in [3.63, 3.8) is 0 Å². The number of imidazole rings is 1. The van der Waals surface area contributed by atoms with Crippen LogP contribution >= 0.6 is 0 Å². The summed E-state index contributed by atoms with van der Waals surface area (Å²) in [4.78, 5) is 4.75. The zero-order valence-corrected chi connectivity index (χ0v) is 15.9. The standard InChI is InChI=1S/C20H25N3O3/c1-13(20-22-15-8-6-7-9-16(15)23(20)2)21-12-14-10-17(24-3)19(26-5)18(11-14)25-4/h6-11,13,21H,12H2,1-5H3. The van der Waals surface area contributed by atoms with Crippen molar-refractivity contribution >= 4 is 11.0 Å². The van der Waals surface area contributed by atoms with Gasteiger partial charge in [-0.25, -0.2) is 4.98 Å². The Morgan fingerprint density at radius 1 is 1.04 bits per heavy atom. The first-order valence-corrected chi connectivity index (χ1v) is 8.52. The minimum atomic E-state index is 0.0893. The molecule has 0 radical (unpaired) electrons. The lowest BCUT2D eigenvalue weighted by molar-refractivity contribution is 0.323. The van der Waals surface area contributed by atoms with Crippen molar-refractivity contribution in [1.29, 1.82) is 0 Å². The highest BCUT2D eigenvalue weighted by molar-refractivity contribution is 5.75. The summed E-state index contributed by atoms with van der Waals surface area (Å²) in [6.07, 6.45) is 0. The van der Waals surface area contributed by atoms with Gasteiger partial charge in [0.1, 0.15) is 5.82 Å². The molecule has 0 saturated carbocycles. The molecule has 1 heterocycles. The van der Waals surface area contributed by atoms with Crippen molar-refractivity contribution < 1.29 is 14.2 Å². The zero-order chi connectivity index (χ0) is 18.7. The summed E-state index contributed by atoms with van der Waals surface area (Å²) >= 11 is 0. The number of rotatable bonds is 7. The van der Waals surface area contributed by atoms with Crippen molar-refractivity contribution in [3.8, 4) is 17.2 Å². The number of nitrogens with one attached hydrogen (secondary N) is 1. The van der Waals surface area contributed by atoms with Crippen LogP contribution < -0.4 is 19.5 Å². The minimum Gasteiger partial charge on any atom is -0.493 e. The van der Waals surface area contributed by atoms with E-state index in [-0.39, 0.29) is 6.04 Å². The largest absolute Gasteiger partial charge is 0.493 e. The number of fused-ring (bicyclic) bond motifs is 1. The minimum absolute atomic E-state index is 0.0893. The number of benzene rings is 2. The topological polar surface area (TPSA) is 57.5 Å². The van der Waals surface area contributed by atoms with Gasteiger partial charge in [-0.2, -0.15) is 0 Å². The molecule has 3 rings (SSSR count). The van der Waals surface area contributed by atoms with E-state index in [2.05, 4.69) is 22.9 Å². The molecular formula is C20H25N3O3. The van der Waals surface area contributed by atoms with Crippen LogP contribution in [0.5, 0.6) is 17.2 Å². The quantitative estimate of drug-likeness (QED) is 0.703. The Kier molecular flexibility index (Phi) is 5.32. The highest BCUT2D eigenvalue weighted by atomic mass is 16.5. The molecule has 3 aromatic rings. The second kappa shape index (κ2) is 7.66. The van der Waals surface area contributed by atoms with E-state index in [9.17, 15) is 0 Å². The maximum absolute atomic E-state index is 5.42. The average molecular weight is 355 g/mol. The number of hydrogen-bond acceptors (Lipinski definition) is 5. The zero-order valence-electron chi connectivity index (χ0n) is 15.9. The first-order chi connectivity index (χ1) is 12.6. The van der Waals surface area contributed by atoms with Crippen LogP contribution in [0.4, 0.5) is 0 Å². The SMILES string of the molecule is COc1cc(CNC(C)c2nc3ccccc3n2C)cc(OC)c1OC. The summed E-state index contributed by atoms with van der Waals surface area (Å²) in [6.45, 7) is 2.76. The number of hydrogen-bond donors (Lipinski definition) is 1. The molecule has 1 aromatic heterocycles. The highest BCUT2D eigenvalue weighted by Crippen LogP contribution is 2.38. The third kappa shape index (κ3) is 3.32. The van der Waals surface area contributed by atoms with Gasteiger partial charge in [-0.1, -0.05) is 12.1 Å². The Morgan fingerprint density at radius 3 is 2.27 bits per heavy atom. The average Bonchev–Trinajstić information content (AvgIpc) is 3.02. The van der Waals surface area contributed by atoms with Gasteiger partial charge in [-0.05, 0) is 36.8 Å². The fraction of sp³-hybridized carbons (Fsp3) is 0.350. The van der Waals surface area contributed by atoms with Crippen molar-refractivity contribution in [2.24, 2.45) is 7.05 Å². The van der Waals surface area contributed by atoms with Gasteiger partial charge in [0.15, 0.2) is 11.5 Å². The summed E-state index contributed by atoms with van der Waals surface area (Å²) in [6, 6.07) is 12.1. The third-order valence-electron chi connectivity index (χ3n) is 4.55. The van der Waals surface area contributed by atoms with Gasteiger partial charge in [-0.3, -0.25) is 0 Å². The van der Waals surface area contributed by atoms with Crippen molar-refractivity contribution in [3.05, 3.63) is 47.8 Å². The number of ether oxygens (including phenoxy) is 3. The molecule has 0 spiro atoms. The fourth-order valence-corrected chi connectivity index (χ4v) is 3.15. The monoisotopic (exact) mass is 355 g/mol. The summed E-state index contributed by atoms with van der Waals surface area (Å²) < 4.78 is 18.3. The molecule has 6 heteroatoms. The Labute approximate surface area is 153 Å². The smallest absolute Gasteiger partial charge is 0.203 e. The van der Waals surface area contributed by atoms with Crippen LogP contribution in [0.25, 0.3) is 11.0 Å². The molecular weight excluding hydrogens is 330 g/mol. The molecule has 2 aromatic carbocycles. The van der Waals surface area contributed by atoms with Gasteiger partial charge in [0.25, 0.3) is 0 Å². The van der Waals surface area contributed by atoms with Crippen LogP contribution in [-0.4, -0.2) is 30.9 Å². The second-order valence-corrected chi connectivity index (χ2v) is 6.15. The van der Waals surface area contributed by atoms with Gasteiger partial charge in [0, 0.05) is 13.6 Å². The van der Waals surface area contributed by atoms with Gasteiger partial charge in [0.2, 0.25) is 5.75 Å². The molecule has 1 N–H and O–H groups in total. The number of para-hydroxylation sites is 2. The summed E-state index contributed by atoms with van der Waals surface area (Å²) in [5.41, 5.74) is 3.18. The number of methoxy groups -OCH3 is 3. The molecule has 26 heavy (non-hydrogen) atoms. The summed E-state index contributed by atoms with van der Waals surface area (Å²) in [5.74, 6) is 2.90. The highest BCUT2D eigenvalue weighted by Gasteiger charge is 2.16. The molecule has 0 aliphatic carbocycles. The number of aryl methyl sites for hydroxylation is 1. The predicted octanol–water partition coefficient (Wildman–Crippen LogP) is 3.45. The van der Waals surface area contributed by atoms with E-state index in [4.69, 9.17) is 19.2 Å². The van der Waals surface area contributed by atoms with Crippen molar-refractivity contribution in [2.45, 2.75) is 19.5 Å². The van der Waals surface area contributed by atoms with Crippen LogP contribution in [0.1, 0.15) is 24.4 Å². The molecule has 138 valence electrons. The van der Waals surface area contributed by atoms with E-state index >= 15 is 0 Å². The second-order valence-electron chi connectivity index (χ2n) is 6.15. The van der Waals surface area contributed by atoms with E-state index in [0.717, 1.165) is 22.4 Å². The molecule has 0 saturated heterocycles. The maximum Gasteiger partial charge on any atom is 0.203 e. The molecule has 6 nitrogen and oxygen atoms in total. The molecule has 0 fully saturated rings. The Morgan fingerprint density at radius 2 is 1.69 bits per heavy atom. The third-order valence-corrected chi connectivity index (χ3v) is 4.55. The predicted molar refractivity (Wildman–Crippen MR) is 102 cm³/mol. The maximum atomic E-state index is 5.42. The Hall–Kier alpha value is -2.73. The molecule has 0 aliphatic heterocycles. The Bertz CT molecular complexity index is 879. The van der Waals surface area contributed by atoms with Crippen LogP contribution in [0.2, 0.25) is 0 Å². The molecule has 0 aliphatic rings. The summed E-state index contributed by atoms with van der Waals surface area (Å²) in [5, 5.41) is 3.52. The molecule has 1 atom stereocenters. The normalized spacial score (nSPS) is 12.2. The van der Waals surface area contributed by atoms with Crippen LogP contribution in [0.15, 0.2) is 36.4 Å². The fourth-order valence-electron chi connectivity index (χ4n) is 3.15. The van der Waals surface area contributed by atoms with Crippen LogP contribution in [0, 0.1) is 0 Å². The van der Waals surface area contributed by atoms with Gasteiger partial charge in [0.05, 0.1) is 38.4 Å². The van der Waals surface area contributed by atoms with Crippen LogP contribution in [0.3, 0.4) is 0 Å². The molecule has 1 unspecified atom stereocenters. The first kappa shape index (κ1) is 18.1. The van der Waals surface area contributed by atoms with E-state index in [0.29, 0.717) is 23.8 Å². The number of nitrogens with zero attached hydrogens (tertiary/aromatic N) is 2. The van der Waals surface area contributed by atoms with Crippen LogP contribution in [-0.2, 0) is 13.6 Å². The Balaban J connectivity index is 1.80. The number of aromatic nitrogens is 2. The van der Waals surface area contributed by atoms with Crippen molar-refractivity contribution in [2.75, 3.05) is 21.3 Å². The molecule has 0 amide bonds. The van der Waals surface area contributed by atoms with Gasteiger partial charge in [-0.15, -0.1) is 0 Å². The van der Waals surface area contributed by atoms with E-state index in [1.54, 1.807) is 21.3 Å².